The average Bonchev–Trinajstić information content (AvgIpc) is 2.58. The van der Waals surface area contributed by atoms with E-state index in [1.807, 2.05) is 18.2 Å². The molecule has 2 aromatic carbocycles. The topological polar surface area (TPSA) is 64.0 Å². The highest BCUT2D eigenvalue weighted by Gasteiger charge is 2.16. The Morgan fingerprint density at radius 2 is 1.78 bits per heavy atom. The number of halogens is 1. The van der Waals surface area contributed by atoms with Crippen molar-refractivity contribution in [1.29, 1.82) is 0 Å². The van der Waals surface area contributed by atoms with E-state index in [-0.39, 0.29) is 23.7 Å². The number of nitrogens with zero attached hydrogens (tertiary/aromatic N) is 2. The Balaban J connectivity index is 2.22. The number of carbonyl (C=O) groups is 1. The van der Waals surface area contributed by atoms with Crippen LogP contribution in [0.15, 0.2) is 53.3 Å². The first-order valence-electron chi connectivity index (χ1n) is 7.07. The molecule has 1 heterocycles. The number of amides is 1. The van der Waals surface area contributed by atoms with E-state index >= 15 is 0 Å². The van der Waals surface area contributed by atoms with Crippen LogP contribution in [0.4, 0.5) is 0 Å². The second-order valence-electron chi connectivity index (χ2n) is 5.03. The van der Waals surface area contributed by atoms with Gasteiger partial charge in [-0.15, -0.1) is 0 Å². The normalized spacial score (nSPS) is 10.7. The smallest absolute Gasteiger partial charge is 0.274 e. The van der Waals surface area contributed by atoms with Gasteiger partial charge in [0.1, 0.15) is 0 Å². The first kappa shape index (κ1) is 15.2. The molecule has 0 radical (unpaired) electrons. The highest BCUT2D eigenvalue weighted by molar-refractivity contribution is 6.31. The minimum absolute atomic E-state index is 0.202. The van der Waals surface area contributed by atoms with E-state index in [0.29, 0.717) is 15.8 Å². The Bertz CT molecular complexity index is 950. The first-order chi connectivity index (χ1) is 11.1. The molecule has 0 bridgehead atoms. The molecule has 23 heavy (non-hydrogen) atoms. The first-order valence-corrected chi connectivity index (χ1v) is 7.45. The van der Waals surface area contributed by atoms with E-state index < -0.39 is 0 Å². The molecule has 1 amide bonds. The Labute approximate surface area is 137 Å². The minimum atomic E-state index is -0.339. The average molecular weight is 328 g/mol. The van der Waals surface area contributed by atoms with Crippen molar-refractivity contribution < 1.29 is 4.79 Å². The van der Waals surface area contributed by atoms with Gasteiger partial charge < -0.3 is 5.32 Å². The van der Waals surface area contributed by atoms with Crippen molar-refractivity contribution in [2.24, 2.45) is 0 Å². The highest BCUT2D eigenvalue weighted by Crippen LogP contribution is 2.17. The number of hydrogen-bond acceptors (Lipinski definition) is 3. The fraction of sp³-hybridized carbons (Fsp3) is 0.118. The summed E-state index contributed by atoms with van der Waals surface area (Å²) in [7, 11) is 1.53. The summed E-state index contributed by atoms with van der Waals surface area (Å²) in [5.41, 5.74) is 0.727. The molecule has 0 aliphatic heterocycles. The molecule has 0 spiro atoms. The van der Waals surface area contributed by atoms with Gasteiger partial charge in [0.15, 0.2) is 5.69 Å². The molecule has 0 unspecified atom stereocenters. The third-order valence-electron chi connectivity index (χ3n) is 3.59. The largest absolute Gasteiger partial charge is 0.354 e. The van der Waals surface area contributed by atoms with Crippen molar-refractivity contribution in [2.75, 3.05) is 7.05 Å². The Morgan fingerprint density at radius 3 is 2.48 bits per heavy atom. The SMILES string of the molecule is CNC(=O)c1nn(Cc2ccccc2Cl)c(=O)c2ccccc12. The maximum atomic E-state index is 12.6. The van der Waals surface area contributed by atoms with Crippen molar-refractivity contribution in [3.63, 3.8) is 0 Å². The molecular weight excluding hydrogens is 314 g/mol. The molecule has 3 aromatic rings. The lowest BCUT2D eigenvalue weighted by molar-refractivity contribution is 0.0957. The molecule has 116 valence electrons. The molecule has 0 aliphatic carbocycles. The maximum Gasteiger partial charge on any atom is 0.274 e. The van der Waals surface area contributed by atoms with Gasteiger partial charge >= 0.3 is 0 Å². The molecule has 0 saturated carbocycles. The van der Waals surface area contributed by atoms with Gasteiger partial charge in [-0.05, 0) is 17.7 Å². The second-order valence-corrected chi connectivity index (χ2v) is 5.43. The van der Waals surface area contributed by atoms with Crippen LogP contribution in [0.5, 0.6) is 0 Å². The summed E-state index contributed by atoms with van der Waals surface area (Å²) >= 11 is 6.15. The summed E-state index contributed by atoms with van der Waals surface area (Å²) in [6.07, 6.45) is 0. The minimum Gasteiger partial charge on any atom is -0.354 e. The summed E-state index contributed by atoms with van der Waals surface area (Å²) < 4.78 is 1.27. The zero-order valence-electron chi connectivity index (χ0n) is 12.4. The molecule has 0 saturated heterocycles. The quantitative estimate of drug-likeness (QED) is 0.803. The van der Waals surface area contributed by atoms with Gasteiger partial charge in [0.25, 0.3) is 11.5 Å². The Morgan fingerprint density at radius 1 is 1.13 bits per heavy atom. The van der Waals surface area contributed by atoms with Crippen LogP contribution in [-0.2, 0) is 6.54 Å². The molecule has 0 fully saturated rings. The van der Waals surface area contributed by atoms with Crippen LogP contribution in [0.25, 0.3) is 10.8 Å². The van der Waals surface area contributed by atoms with E-state index in [0.717, 1.165) is 5.56 Å². The Hall–Kier alpha value is -2.66. The van der Waals surface area contributed by atoms with E-state index in [9.17, 15) is 9.59 Å². The molecule has 1 aromatic heterocycles. The van der Waals surface area contributed by atoms with E-state index in [1.54, 1.807) is 30.3 Å². The van der Waals surface area contributed by atoms with Crippen LogP contribution in [0.3, 0.4) is 0 Å². The van der Waals surface area contributed by atoms with Gasteiger partial charge in [0.2, 0.25) is 0 Å². The van der Waals surface area contributed by atoms with E-state index in [1.165, 1.54) is 11.7 Å². The van der Waals surface area contributed by atoms with Crippen LogP contribution >= 0.6 is 11.6 Å². The van der Waals surface area contributed by atoms with E-state index in [4.69, 9.17) is 11.6 Å². The van der Waals surface area contributed by atoms with Gasteiger partial charge in [-0.2, -0.15) is 5.10 Å². The highest BCUT2D eigenvalue weighted by atomic mass is 35.5. The second kappa shape index (κ2) is 6.22. The van der Waals surface area contributed by atoms with Gasteiger partial charge in [0, 0.05) is 17.5 Å². The summed E-state index contributed by atoms with van der Waals surface area (Å²) in [5.74, 6) is -0.339. The third kappa shape index (κ3) is 2.83. The lowest BCUT2D eigenvalue weighted by atomic mass is 10.1. The van der Waals surface area contributed by atoms with Crippen molar-refractivity contribution in [3.05, 3.63) is 75.2 Å². The molecule has 0 atom stereocenters. The summed E-state index contributed by atoms with van der Waals surface area (Å²) in [6.45, 7) is 0.202. The molecule has 5 nitrogen and oxygen atoms in total. The summed E-state index contributed by atoms with van der Waals surface area (Å²) in [6, 6.07) is 14.2. The van der Waals surface area contributed by atoms with Crippen molar-refractivity contribution in [1.82, 2.24) is 15.1 Å². The van der Waals surface area contributed by atoms with Crippen LogP contribution in [0.1, 0.15) is 16.1 Å². The number of nitrogens with one attached hydrogen (secondary N) is 1. The fourth-order valence-corrected chi connectivity index (χ4v) is 2.61. The van der Waals surface area contributed by atoms with Gasteiger partial charge in [-0.1, -0.05) is 48.0 Å². The maximum absolute atomic E-state index is 12.6. The number of carbonyl (C=O) groups excluding carboxylic acids is 1. The van der Waals surface area contributed by atoms with Crippen LogP contribution in [0, 0.1) is 0 Å². The number of rotatable bonds is 3. The molecule has 1 N–H and O–H groups in total. The van der Waals surface area contributed by atoms with Crippen molar-refractivity contribution in [2.45, 2.75) is 6.54 Å². The number of benzene rings is 2. The van der Waals surface area contributed by atoms with E-state index in [2.05, 4.69) is 10.4 Å². The third-order valence-corrected chi connectivity index (χ3v) is 3.96. The lowest BCUT2D eigenvalue weighted by Gasteiger charge is -2.11. The fourth-order valence-electron chi connectivity index (χ4n) is 2.42. The molecule has 3 rings (SSSR count). The zero-order chi connectivity index (χ0) is 16.4. The predicted molar refractivity (Wildman–Crippen MR) is 89.9 cm³/mol. The van der Waals surface area contributed by atoms with Gasteiger partial charge in [0.05, 0.1) is 11.9 Å². The number of aromatic nitrogens is 2. The molecule has 6 heteroatoms. The van der Waals surface area contributed by atoms with Crippen LogP contribution in [0.2, 0.25) is 5.02 Å². The predicted octanol–water partition coefficient (Wildman–Crippen LogP) is 2.46. The Kier molecular flexibility index (Phi) is 4.12. The van der Waals surface area contributed by atoms with Gasteiger partial charge in [-0.25, -0.2) is 4.68 Å². The van der Waals surface area contributed by atoms with Crippen LogP contribution < -0.4 is 10.9 Å². The molecule has 0 aliphatic rings. The molecular formula is C17H14ClN3O2. The number of hydrogen-bond donors (Lipinski definition) is 1. The summed E-state index contributed by atoms with van der Waals surface area (Å²) in [5, 5.41) is 8.33. The lowest BCUT2D eigenvalue weighted by Crippen LogP contribution is -2.29. The van der Waals surface area contributed by atoms with Crippen LogP contribution in [-0.4, -0.2) is 22.7 Å². The van der Waals surface area contributed by atoms with Gasteiger partial charge in [-0.3, -0.25) is 9.59 Å². The van der Waals surface area contributed by atoms with Crippen molar-refractivity contribution >= 4 is 28.3 Å². The standard InChI is InChI=1S/C17H14ClN3O2/c1-19-16(22)15-12-7-3-4-8-13(12)17(23)21(20-15)10-11-6-2-5-9-14(11)18/h2-9H,10H2,1H3,(H,19,22). The summed E-state index contributed by atoms with van der Waals surface area (Å²) in [4.78, 5) is 24.7. The monoisotopic (exact) mass is 327 g/mol. The zero-order valence-corrected chi connectivity index (χ0v) is 13.2. The number of fused-ring (bicyclic) bond motifs is 1. The van der Waals surface area contributed by atoms with Crippen molar-refractivity contribution in [3.8, 4) is 0 Å².